The summed E-state index contributed by atoms with van der Waals surface area (Å²) >= 11 is 0. The SMILES string of the molecule is CCS(=O)CCC(=O)Nc1cc(N)ccc1C. The zero-order chi connectivity index (χ0) is 12.8. The molecule has 0 aliphatic rings. The molecule has 1 rings (SSSR count). The Balaban J connectivity index is 2.56. The lowest BCUT2D eigenvalue weighted by Gasteiger charge is -2.08. The summed E-state index contributed by atoms with van der Waals surface area (Å²) in [6, 6.07) is 5.37. The summed E-state index contributed by atoms with van der Waals surface area (Å²) in [6.45, 7) is 3.75. The lowest BCUT2D eigenvalue weighted by atomic mass is 10.2. The summed E-state index contributed by atoms with van der Waals surface area (Å²) in [5, 5.41) is 2.78. The van der Waals surface area contributed by atoms with Crippen molar-refractivity contribution in [2.75, 3.05) is 22.6 Å². The van der Waals surface area contributed by atoms with E-state index in [0.29, 0.717) is 17.2 Å². The van der Waals surface area contributed by atoms with Gasteiger partial charge in [-0.1, -0.05) is 13.0 Å². The standard InChI is InChI=1S/C12H18N2O2S/c1-3-17(16)7-6-12(15)14-11-8-10(13)5-4-9(11)2/h4-5,8H,3,6-7,13H2,1-2H3,(H,14,15). The van der Waals surface area contributed by atoms with E-state index in [4.69, 9.17) is 5.73 Å². The molecule has 94 valence electrons. The number of rotatable bonds is 5. The van der Waals surface area contributed by atoms with Crippen LogP contribution in [0.2, 0.25) is 0 Å². The van der Waals surface area contributed by atoms with Crippen LogP contribution in [0, 0.1) is 6.92 Å². The summed E-state index contributed by atoms with van der Waals surface area (Å²) in [5.74, 6) is 0.870. The first kappa shape index (κ1) is 13.7. The van der Waals surface area contributed by atoms with Crippen molar-refractivity contribution in [3.63, 3.8) is 0 Å². The average molecular weight is 254 g/mol. The number of carbonyl (C=O) groups excluding carboxylic acids is 1. The Kier molecular flexibility index (Phi) is 5.15. The maximum Gasteiger partial charge on any atom is 0.225 e. The molecule has 1 aromatic rings. The normalized spacial score (nSPS) is 12.1. The van der Waals surface area contributed by atoms with Gasteiger partial charge in [0.1, 0.15) is 0 Å². The zero-order valence-corrected chi connectivity index (χ0v) is 11.0. The molecule has 0 aromatic heterocycles. The number of hydrogen-bond donors (Lipinski definition) is 2. The van der Waals surface area contributed by atoms with E-state index in [-0.39, 0.29) is 12.3 Å². The molecule has 1 aromatic carbocycles. The molecule has 0 fully saturated rings. The van der Waals surface area contributed by atoms with Gasteiger partial charge in [-0.3, -0.25) is 9.00 Å². The quantitative estimate of drug-likeness (QED) is 0.785. The molecule has 0 aliphatic carbocycles. The lowest BCUT2D eigenvalue weighted by molar-refractivity contribution is -0.115. The van der Waals surface area contributed by atoms with Crippen LogP contribution in [-0.4, -0.2) is 21.6 Å². The Morgan fingerprint density at radius 3 is 2.82 bits per heavy atom. The van der Waals surface area contributed by atoms with Crippen LogP contribution >= 0.6 is 0 Å². The van der Waals surface area contributed by atoms with Crippen molar-refractivity contribution in [1.82, 2.24) is 0 Å². The zero-order valence-electron chi connectivity index (χ0n) is 10.2. The van der Waals surface area contributed by atoms with Crippen molar-refractivity contribution in [3.8, 4) is 0 Å². The third-order valence-corrected chi connectivity index (χ3v) is 3.72. The van der Waals surface area contributed by atoms with Gasteiger partial charge in [-0.2, -0.15) is 0 Å². The number of nitrogens with one attached hydrogen (secondary N) is 1. The Morgan fingerprint density at radius 1 is 1.47 bits per heavy atom. The van der Waals surface area contributed by atoms with E-state index >= 15 is 0 Å². The van der Waals surface area contributed by atoms with Gasteiger partial charge in [0.2, 0.25) is 5.91 Å². The van der Waals surface area contributed by atoms with Gasteiger partial charge in [0.15, 0.2) is 0 Å². The molecule has 1 amide bonds. The Hall–Kier alpha value is -1.36. The van der Waals surface area contributed by atoms with E-state index in [1.165, 1.54) is 0 Å². The second-order valence-electron chi connectivity index (χ2n) is 3.81. The molecule has 0 heterocycles. The van der Waals surface area contributed by atoms with E-state index in [1.807, 2.05) is 19.9 Å². The van der Waals surface area contributed by atoms with E-state index < -0.39 is 10.8 Å². The molecule has 5 heteroatoms. The fourth-order valence-corrected chi connectivity index (χ4v) is 2.04. The summed E-state index contributed by atoms with van der Waals surface area (Å²) in [4.78, 5) is 11.6. The Morgan fingerprint density at radius 2 is 2.18 bits per heavy atom. The van der Waals surface area contributed by atoms with Gasteiger partial charge in [0, 0.05) is 40.1 Å². The molecule has 1 unspecified atom stereocenters. The Bertz CT molecular complexity index is 433. The van der Waals surface area contributed by atoms with E-state index in [9.17, 15) is 9.00 Å². The van der Waals surface area contributed by atoms with Crippen molar-refractivity contribution < 1.29 is 9.00 Å². The van der Waals surface area contributed by atoms with Gasteiger partial charge in [0.25, 0.3) is 0 Å². The van der Waals surface area contributed by atoms with Crippen LogP contribution in [0.25, 0.3) is 0 Å². The third-order valence-electron chi connectivity index (χ3n) is 2.41. The molecule has 0 radical (unpaired) electrons. The summed E-state index contributed by atoms with van der Waals surface area (Å²) in [7, 11) is -0.901. The minimum Gasteiger partial charge on any atom is -0.399 e. The molecule has 1 atom stereocenters. The van der Waals surface area contributed by atoms with Crippen LogP contribution in [0.5, 0.6) is 0 Å². The van der Waals surface area contributed by atoms with Gasteiger partial charge in [-0.25, -0.2) is 0 Å². The van der Waals surface area contributed by atoms with E-state index in [1.54, 1.807) is 12.1 Å². The first-order chi connectivity index (χ1) is 8.02. The molecule has 0 spiro atoms. The van der Waals surface area contributed by atoms with Gasteiger partial charge in [0.05, 0.1) is 0 Å². The van der Waals surface area contributed by atoms with Crippen molar-refractivity contribution in [2.24, 2.45) is 0 Å². The number of nitrogen functional groups attached to an aromatic ring is 1. The number of aryl methyl sites for hydroxylation is 1. The van der Waals surface area contributed by atoms with Crippen LogP contribution in [0.1, 0.15) is 18.9 Å². The number of hydrogen-bond acceptors (Lipinski definition) is 3. The monoisotopic (exact) mass is 254 g/mol. The molecular formula is C12H18N2O2S. The number of benzene rings is 1. The van der Waals surface area contributed by atoms with Gasteiger partial charge < -0.3 is 11.1 Å². The number of amides is 1. The van der Waals surface area contributed by atoms with Crippen LogP contribution in [-0.2, 0) is 15.6 Å². The van der Waals surface area contributed by atoms with Crippen LogP contribution in [0.3, 0.4) is 0 Å². The highest BCUT2D eigenvalue weighted by Gasteiger charge is 2.06. The van der Waals surface area contributed by atoms with Crippen molar-refractivity contribution >= 4 is 28.1 Å². The van der Waals surface area contributed by atoms with Crippen LogP contribution in [0.4, 0.5) is 11.4 Å². The molecular weight excluding hydrogens is 236 g/mol. The smallest absolute Gasteiger partial charge is 0.225 e. The Labute approximate surface area is 104 Å². The van der Waals surface area contributed by atoms with Crippen molar-refractivity contribution in [3.05, 3.63) is 23.8 Å². The maximum absolute atomic E-state index is 11.6. The predicted octanol–water partition coefficient (Wildman–Crippen LogP) is 1.67. The maximum atomic E-state index is 11.6. The van der Waals surface area contributed by atoms with Crippen molar-refractivity contribution in [1.29, 1.82) is 0 Å². The van der Waals surface area contributed by atoms with Gasteiger partial charge in [-0.05, 0) is 24.6 Å². The first-order valence-corrected chi connectivity index (χ1v) is 7.02. The number of carbonyl (C=O) groups is 1. The van der Waals surface area contributed by atoms with Crippen LogP contribution < -0.4 is 11.1 Å². The van der Waals surface area contributed by atoms with Crippen molar-refractivity contribution in [2.45, 2.75) is 20.3 Å². The lowest BCUT2D eigenvalue weighted by Crippen LogP contribution is -2.16. The molecule has 17 heavy (non-hydrogen) atoms. The minimum absolute atomic E-state index is 0.125. The molecule has 4 nitrogen and oxygen atoms in total. The van der Waals surface area contributed by atoms with Gasteiger partial charge in [-0.15, -0.1) is 0 Å². The number of anilines is 2. The molecule has 0 bridgehead atoms. The van der Waals surface area contributed by atoms with Gasteiger partial charge >= 0.3 is 0 Å². The van der Waals surface area contributed by atoms with E-state index in [2.05, 4.69) is 5.32 Å². The van der Waals surface area contributed by atoms with E-state index in [0.717, 1.165) is 11.3 Å². The highest BCUT2D eigenvalue weighted by molar-refractivity contribution is 7.84. The predicted molar refractivity (Wildman–Crippen MR) is 72.4 cm³/mol. The summed E-state index contributed by atoms with van der Waals surface area (Å²) in [6.07, 6.45) is 0.273. The first-order valence-electron chi connectivity index (χ1n) is 5.54. The summed E-state index contributed by atoms with van der Waals surface area (Å²) in [5.41, 5.74) is 7.94. The second kappa shape index (κ2) is 6.39. The fourth-order valence-electron chi connectivity index (χ4n) is 1.34. The molecule has 0 aliphatic heterocycles. The number of nitrogens with two attached hydrogens (primary N) is 1. The minimum atomic E-state index is -0.901. The summed E-state index contributed by atoms with van der Waals surface area (Å²) < 4.78 is 11.2. The molecule has 0 saturated carbocycles. The third kappa shape index (κ3) is 4.56. The average Bonchev–Trinajstić information content (AvgIpc) is 2.30. The largest absolute Gasteiger partial charge is 0.399 e. The highest BCUT2D eigenvalue weighted by Crippen LogP contribution is 2.18. The molecule has 0 saturated heterocycles. The molecule has 3 N–H and O–H groups in total. The topological polar surface area (TPSA) is 72.2 Å². The fraction of sp³-hybridized carbons (Fsp3) is 0.417. The highest BCUT2D eigenvalue weighted by atomic mass is 32.2. The second-order valence-corrected chi connectivity index (χ2v) is 5.67. The van der Waals surface area contributed by atoms with Crippen LogP contribution in [0.15, 0.2) is 18.2 Å².